The zero-order valence-electron chi connectivity index (χ0n) is 15.1. The van der Waals surface area contributed by atoms with Crippen molar-refractivity contribution in [1.29, 1.82) is 0 Å². The summed E-state index contributed by atoms with van der Waals surface area (Å²) in [5, 5.41) is 19.0. The predicted molar refractivity (Wildman–Crippen MR) is 102 cm³/mol. The van der Waals surface area contributed by atoms with Gasteiger partial charge >= 0.3 is 11.9 Å². The first-order valence-corrected chi connectivity index (χ1v) is 8.39. The van der Waals surface area contributed by atoms with Gasteiger partial charge in [-0.1, -0.05) is 18.2 Å². The molecular weight excluding hydrogens is 402 g/mol. The number of pyridine rings is 1. The molecule has 3 aromatic rings. The van der Waals surface area contributed by atoms with Crippen molar-refractivity contribution < 1.29 is 33.3 Å². The van der Waals surface area contributed by atoms with E-state index in [4.69, 9.17) is 10.5 Å². The third kappa shape index (κ3) is 3.83. The Balaban J connectivity index is 2.24. The number of halogens is 2. The van der Waals surface area contributed by atoms with Gasteiger partial charge in [0.25, 0.3) is 5.56 Å². The molecule has 30 heavy (non-hydrogen) atoms. The van der Waals surface area contributed by atoms with Gasteiger partial charge in [0.05, 0.1) is 0 Å². The van der Waals surface area contributed by atoms with Crippen LogP contribution in [0.3, 0.4) is 0 Å². The molecular formula is C20H14F2N2O6. The van der Waals surface area contributed by atoms with E-state index in [0.717, 1.165) is 18.2 Å². The van der Waals surface area contributed by atoms with Gasteiger partial charge in [0.2, 0.25) is 0 Å². The summed E-state index contributed by atoms with van der Waals surface area (Å²) in [6, 6.07) is 8.48. The fourth-order valence-electron chi connectivity index (χ4n) is 2.91. The molecule has 3 rings (SSSR count). The van der Waals surface area contributed by atoms with Gasteiger partial charge in [-0.15, -0.1) is 0 Å². The van der Waals surface area contributed by atoms with Crippen LogP contribution in [-0.4, -0.2) is 27.1 Å². The zero-order chi connectivity index (χ0) is 22.0. The van der Waals surface area contributed by atoms with Crippen LogP contribution < -0.4 is 16.0 Å². The molecule has 0 spiro atoms. The molecule has 0 fully saturated rings. The van der Waals surface area contributed by atoms with Crippen molar-refractivity contribution in [3.63, 3.8) is 0 Å². The van der Waals surface area contributed by atoms with Gasteiger partial charge in [-0.25, -0.2) is 18.4 Å². The van der Waals surface area contributed by atoms with Crippen LogP contribution in [0.25, 0.3) is 11.1 Å². The summed E-state index contributed by atoms with van der Waals surface area (Å²) in [7, 11) is 0. The number of hydrogen-bond donors (Lipinski definition) is 4. The third-order valence-corrected chi connectivity index (χ3v) is 4.23. The fraction of sp³-hybridized carbons (Fsp3) is 0.0500. The van der Waals surface area contributed by atoms with Crippen LogP contribution in [0.5, 0.6) is 5.75 Å². The lowest BCUT2D eigenvalue weighted by atomic mass is 9.94. The molecule has 0 saturated heterocycles. The second-order valence-corrected chi connectivity index (χ2v) is 6.12. The van der Waals surface area contributed by atoms with E-state index >= 15 is 0 Å². The Labute approximate surface area is 167 Å². The number of aromatic carboxylic acids is 2. The second-order valence-electron chi connectivity index (χ2n) is 6.12. The summed E-state index contributed by atoms with van der Waals surface area (Å²) in [5.41, 5.74) is 2.20. The molecule has 0 radical (unpaired) electrons. The Morgan fingerprint density at radius 3 is 2.33 bits per heavy atom. The van der Waals surface area contributed by atoms with Gasteiger partial charge < -0.3 is 25.7 Å². The number of nitrogen functional groups attached to an aromatic ring is 1. The lowest BCUT2D eigenvalue weighted by Crippen LogP contribution is -2.24. The summed E-state index contributed by atoms with van der Waals surface area (Å²) in [4.78, 5) is 37.6. The number of carboxylic acids is 2. The molecule has 1 aromatic heterocycles. The number of aromatic nitrogens is 1. The molecule has 0 aliphatic rings. The van der Waals surface area contributed by atoms with Crippen molar-refractivity contribution in [2.45, 2.75) is 6.61 Å². The summed E-state index contributed by atoms with van der Waals surface area (Å²) < 4.78 is 33.2. The van der Waals surface area contributed by atoms with Crippen molar-refractivity contribution in [1.82, 2.24) is 4.98 Å². The first-order valence-electron chi connectivity index (χ1n) is 8.39. The molecule has 0 atom stereocenters. The number of carbonyl (C=O) groups is 2. The highest BCUT2D eigenvalue weighted by Gasteiger charge is 2.28. The number of carboxylic acid groups (broad SMARTS) is 2. The van der Waals surface area contributed by atoms with E-state index in [2.05, 4.69) is 0 Å². The Morgan fingerprint density at radius 1 is 1.03 bits per heavy atom. The SMILES string of the molecule is Nc1[nH]c(=O)c(C(=O)O)c(-c2ccc(F)cc2OCc2ccccc2F)c1C(=O)O. The van der Waals surface area contributed by atoms with Crippen LogP contribution in [0.1, 0.15) is 26.3 Å². The van der Waals surface area contributed by atoms with Crippen LogP contribution >= 0.6 is 0 Å². The number of nitrogens with one attached hydrogen (secondary N) is 1. The fourth-order valence-corrected chi connectivity index (χ4v) is 2.91. The molecule has 0 saturated carbocycles. The van der Waals surface area contributed by atoms with Gasteiger partial charge in [0.1, 0.15) is 40.9 Å². The lowest BCUT2D eigenvalue weighted by Gasteiger charge is -2.16. The van der Waals surface area contributed by atoms with E-state index < -0.39 is 51.6 Å². The largest absolute Gasteiger partial charge is 0.488 e. The number of aromatic amines is 1. The highest BCUT2D eigenvalue weighted by molar-refractivity contribution is 6.08. The maximum Gasteiger partial charge on any atom is 0.342 e. The van der Waals surface area contributed by atoms with Crippen LogP contribution in [0.2, 0.25) is 0 Å². The molecule has 5 N–H and O–H groups in total. The van der Waals surface area contributed by atoms with E-state index in [1.54, 1.807) is 6.07 Å². The smallest absolute Gasteiger partial charge is 0.342 e. The van der Waals surface area contributed by atoms with E-state index in [-0.39, 0.29) is 23.5 Å². The first kappa shape index (κ1) is 20.5. The van der Waals surface area contributed by atoms with Gasteiger partial charge in [0, 0.05) is 22.8 Å². The number of H-pyrrole nitrogens is 1. The standard InChI is InChI=1S/C20H14F2N2O6/c21-10-5-6-11(13(7-10)30-8-9-3-1-2-4-12(9)22)14-15(19(26)27)17(23)24-18(25)16(14)20(28)29/h1-7H,8H2,(H,26,27)(H,28,29)(H3,23,24,25). The summed E-state index contributed by atoms with van der Waals surface area (Å²) >= 11 is 0. The summed E-state index contributed by atoms with van der Waals surface area (Å²) in [5.74, 6) is -5.60. The molecule has 8 nitrogen and oxygen atoms in total. The number of hydrogen-bond acceptors (Lipinski definition) is 5. The summed E-state index contributed by atoms with van der Waals surface area (Å²) in [6.45, 7) is -0.368. The number of benzene rings is 2. The second kappa shape index (κ2) is 8.03. The zero-order valence-corrected chi connectivity index (χ0v) is 15.1. The predicted octanol–water partition coefficient (Wildman–Crippen LogP) is 2.88. The molecule has 0 bridgehead atoms. The Bertz CT molecular complexity index is 1220. The summed E-state index contributed by atoms with van der Waals surface area (Å²) in [6.07, 6.45) is 0. The van der Waals surface area contributed by atoms with E-state index in [0.29, 0.717) is 0 Å². The van der Waals surface area contributed by atoms with E-state index in [1.165, 1.54) is 18.2 Å². The first-order chi connectivity index (χ1) is 14.2. The van der Waals surface area contributed by atoms with Crippen LogP contribution in [0.4, 0.5) is 14.6 Å². The van der Waals surface area contributed by atoms with Crippen molar-refractivity contribution in [2.24, 2.45) is 0 Å². The molecule has 0 unspecified atom stereocenters. The van der Waals surface area contributed by atoms with Crippen LogP contribution in [-0.2, 0) is 6.61 Å². The average Bonchev–Trinajstić information content (AvgIpc) is 2.66. The van der Waals surface area contributed by atoms with E-state index in [1.807, 2.05) is 4.98 Å². The molecule has 0 amide bonds. The number of ether oxygens (including phenoxy) is 1. The number of nitrogens with two attached hydrogens (primary N) is 1. The molecule has 10 heteroatoms. The minimum atomic E-state index is -1.72. The third-order valence-electron chi connectivity index (χ3n) is 4.23. The van der Waals surface area contributed by atoms with Gasteiger partial charge in [-0.3, -0.25) is 4.79 Å². The normalized spacial score (nSPS) is 10.6. The molecule has 0 aliphatic carbocycles. The van der Waals surface area contributed by atoms with Crippen LogP contribution in [0, 0.1) is 11.6 Å². The molecule has 2 aromatic carbocycles. The Hall–Kier alpha value is -4.21. The number of rotatable bonds is 6. The van der Waals surface area contributed by atoms with Crippen molar-refractivity contribution in [2.75, 3.05) is 5.73 Å². The minimum Gasteiger partial charge on any atom is -0.488 e. The highest BCUT2D eigenvalue weighted by Crippen LogP contribution is 2.36. The van der Waals surface area contributed by atoms with Crippen molar-refractivity contribution in [3.05, 3.63) is 81.1 Å². The molecule has 154 valence electrons. The van der Waals surface area contributed by atoms with Gasteiger partial charge in [0.15, 0.2) is 0 Å². The van der Waals surface area contributed by atoms with Gasteiger partial charge in [-0.2, -0.15) is 0 Å². The average molecular weight is 416 g/mol. The maximum absolute atomic E-state index is 13.9. The highest BCUT2D eigenvalue weighted by atomic mass is 19.1. The Morgan fingerprint density at radius 2 is 1.70 bits per heavy atom. The van der Waals surface area contributed by atoms with Gasteiger partial charge in [-0.05, 0) is 18.2 Å². The lowest BCUT2D eigenvalue weighted by molar-refractivity contribution is 0.0695. The minimum absolute atomic E-state index is 0.120. The van der Waals surface area contributed by atoms with Crippen LogP contribution in [0.15, 0.2) is 47.3 Å². The quantitative estimate of drug-likeness (QED) is 0.484. The molecule has 1 heterocycles. The van der Waals surface area contributed by atoms with Crippen molar-refractivity contribution >= 4 is 17.8 Å². The molecule has 0 aliphatic heterocycles. The maximum atomic E-state index is 13.9. The number of anilines is 1. The van der Waals surface area contributed by atoms with E-state index in [9.17, 15) is 33.4 Å². The topological polar surface area (TPSA) is 143 Å². The Kier molecular flexibility index (Phi) is 5.50. The van der Waals surface area contributed by atoms with Crippen molar-refractivity contribution in [3.8, 4) is 16.9 Å². The monoisotopic (exact) mass is 416 g/mol.